The summed E-state index contributed by atoms with van der Waals surface area (Å²) in [6.45, 7) is 4.76. The number of hydrogen-bond donors (Lipinski definition) is 2. The van der Waals surface area contributed by atoms with Gasteiger partial charge >= 0.3 is 0 Å². The minimum Gasteiger partial charge on any atom is -0.396 e. The summed E-state index contributed by atoms with van der Waals surface area (Å²) in [5.41, 5.74) is 10.8. The number of hydrogen-bond acceptors (Lipinski definition) is 3. The van der Waals surface area contributed by atoms with Gasteiger partial charge < -0.3 is 10.7 Å². The lowest BCUT2D eigenvalue weighted by atomic mass is 10.1. The number of aryl methyl sites for hydroxylation is 2. The zero-order valence-electron chi connectivity index (χ0n) is 10.4. The average Bonchev–Trinajstić information content (AvgIpc) is 2.85. The lowest BCUT2D eigenvalue weighted by Gasteiger charge is -1.96. The number of H-pyrrole nitrogens is 1. The van der Waals surface area contributed by atoms with Gasteiger partial charge in [0, 0.05) is 6.20 Å². The minimum atomic E-state index is 0.602. The Hall–Kier alpha value is -2.30. The molecule has 0 saturated heterocycles. The van der Waals surface area contributed by atoms with Crippen molar-refractivity contribution >= 4 is 16.7 Å². The molecule has 5 nitrogen and oxygen atoms in total. The summed E-state index contributed by atoms with van der Waals surface area (Å²) in [6, 6.07) is 4.25. The summed E-state index contributed by atoms with van der Waals surface area (Å²) in [5.74, 6) is 0.891. The molecule has 0 spiro atoms. The van der Waals surface area contributed by atoms with E-state index < -0.39 is 0 Å². The standard InChI is InChI=1S/C13H15N5/c1-8-3-9(2)13-11(4-8)16-12(17-13)7-18-6-10(14)5-15-18/h3-6H,7,14H2,1-2H3,(H,16,17). The second-order valence-electron chi connectivity index (χ2n) is 4.63. The smallest absolute Gasteiger partial charge is 0.129 e. The fourth-order valence-corrected chi connectivity index (χ4v) is 2.22. The fraction of sp³-hybridized carbons (Fsp3) is 0.231. The van der Waals surface area contributed by atoms with Crippen molar-refractivity contribution in [3.8, 4) is 0 Å². The monoisotopic (exact) mass is 241 g/mol. The molecule has 3 rings (SSSR count). The van der Waals surface area contributed by atoms with Crippen LogP contribution in [0.4, 0.5) is 5.69 Å². The molecule has 5 heteroatoms. The minimum absolute atomic E-state index is 0.602. The zero-order chi connectivity index (χ0) is 12.7. The highest BCUT2D eigenvalue weighted by Gasteiger charge is 2.07. The largest absolute Gasteiger partial charge is 0.396 e. The van der Waals surface area contributed by atoms with Crippen LogP contribution in [0.25, 0.3) is 11.0 Å². The first kappa shape index (κ1) is 10.8. The summed E-state index contributed by atoms with van der Waals surface area (Å²) < 4.78 is 1.77. The first-order valence-corrected chi connectivity index (χ1v) is 5.85. The summed E-state index contributed by atoms with van der Waals surface area (Å²) in [7, 11) is 0. The molecule has 3 N–H and O–H groups in total. The number of aromatic nitrogens is 4. The van der Waals surface area contributed by atoms with E-state index in [0.29, 0.717) is 12.2 Å². The van der Waals surface area contributed by atoms with Gasteiger partial charge in [0.05, 0.1) is 29.5 Å². The molecule has 0 aliphatic carbocycles. The van der Waals surface area contributed by atoms with Crippen LogP contribution in [0.1, 0.15) is 17.0 Å². The Balaban J connectivity index is 2.01. The number of nitrogens with zero attached hydrogens (tertiary/aromatic N) is 3. The van der Waals surface area contributed by atoms with Crippen molar-refractivity contribution in [1.82, 2.24) is 19.7 Å². The maximum atomic E-state index is 5.64. The molecule has 0 aliphatic rings. The molecule has 92 valence electrons. The van der Waals surface area contributed by atoms with Crippen molar-refractivity contribution in [3.63, 3.8) is 0 Å². The number of benzene rings is 1. The van der Waals surface area contributed by atoms with Crippen LogP contribution < -0.4 is 5.73 Å². The van der Waals surface area contributed by atoms with Crippen molar-refractivity contribution in [3.05, 3.63) is 41.5 Å². The fourth-order valence-electron chi connectivity index (χ4n) is 2.22. The Labute approximate surface area is 105 Å². The Kier molecular flexibility index (Phi) is 2.33. The molecular formula is C13H15N5. The molecule has 0 saturated carbocycles. The van der Waals surface area contributed by atoms with Crippen LogP contribution >= 0.6 is 0 Å². The van der Waals surface area contributed by atoms with E-state index in [4.69, 9.17) is 5.73 Å². The van der Waals surface area contributed by atoms with Gasteiger partial charge in [-0.3, -0.25) is 4.68 Å². The number of nitrogen functional groups attached to an aromatic ring is 1. The normalized spacial score (nSPS) is 11.2. The van der Waals surface area contributed by atoms with E-state index in [9.17, 15) is 0 Å². The van der Waals surface area contributed by atoms with E-state index in [0.717, 1.165) is 16.9 Å². The van der Waals surface area contributed by atoms with E-state index in [2.05, 4.69) is 41.0 Å². The van der Waals surface area contributed by atoms with Gasteiger partial charge in [-0.2, -0.15) is 5.10 Å². The van der Waals surface area contributed by atoms with Gasteiger partial charge in [0.1, 0.15) is 5.82 Å². The summed E-state index contributed by atoms with van der Waals surface area (Å²) in [6.07, 6.45) is 3.43. The van der Waals surface area contributed by atoms with Crippen LogP contribution in [0.15, 0.2) is 24.5 Å². The van der Waals surface area contributed by atoms with Crippen molar-refractivity contribution in [1.29, 1.82) is 0 Å². The zero-order valence-corrected chi connectivity index (χ0v) is 10.4. The first-order valence-electron chi connectivity index (χ1n) is 5.85. The average molecular weight is 241 g/mol. The molecule has 0 atom stereocenters. The summed E-state index contributed by atoms with van der Waals surface area (Å²) in [5, 5.41) is 4.15. The van der Waals surface area contributed by atoms with Crippen LogP contribution in [-0.2, 0) is 6.54 Å². The Morgan fingerprint density at radius 2 is 2.17 bits per heavy atom. The molecule has 2 heterocycles. The van der Waals surface area contributed by atoms with E-state index in [1.807, 2.05) is 0 Å². The molecule has 0 radical (unpaired) electrons. The molecule has 0 bridgehead atoms. The highest BCUT2D eigenvalue weighted by molar-refractivity contribution is 5.79. The van der Waals surface area contributed by atoms with Gasteiger partial charge in [-0.25, -0.2) is 4.98 Å². The van der Waals surface area contributed by atoms with Crippen molar-refractivity contribution in [2.24, 2.45) is 0 Å². The van der Waals surface area contributed by atoms with Crippen LogP contribution in [0.5, 0.6) is 0 Å². The van der Waals surface area contributed by atoms with Crippen molar-refractivity contribution < 1.29 is 0 Å². The Morgan fingerprint density at radius 1 is 1.33 bits per heavy atom. The van der Waals surface area contributed by atoms with Crippen LogP contribution in [-0.4, -0.2) is 19.7 Å². The van der Waals surface area contributed by atoms with Crippen molar-refractivity contribution in [2.45, 2.75) is 20.4 Å². The lowest BCUT2D eigenvalue weighted by molar-refractivity contribution is 0.663. The second kappa shape index (κ2) is 3.87. The first-order chi connectivity index (χ1) is 8.61. The lowest BCUT2D eigenvalue weighted by Crippen LogP contribution is -2.01. The second-order valence-corrected chi connectivity index (χ2v) is 4.63. The third-order valence-electron chi connectivity index (χ3n) is 2.94. The number of anilines is 1. The van der Waals surface area contributed by atoms with E-state index in [1.165, 1.54) is 11.1 Å². The topological polar surface area (TPSA) is 72.5 Å². The van der Waals surface area contributed by atoms with Gasteiger partial charge in [0.15, 0.2) is 0 Å². The summed E-state index contributed by atoms with van der Waals surface area (Å²) >= 11 is 0. The molecule has 0 aliphatic heterocycles. The molecule has 1 aromatic carbocycles. The van der Waals surface area contributed by atoms with Crippen molar-refractivity contribution in [2.75, 3.05) is 5.73 Å². The maximum Gasteiger partial charge on any atom is 0.129 e. The predicted octanol–water partition coefficient (Wildman–Crippen LogP) is 2.01. The van der Waals surface area contributed by atoms with E-state index in [-0.39, 0.29) is 0 Å². The third-order valence-corrected chi connectivity index (χ3v) is 2.94. The molecule has 0 amide bonds. The number of imidazole rings is 1. The van der Waals surface area contributed by atoms with Crippen LogP contribution in [0.2, 0.25) is 0 Å². The molecule has 3 aromatic rings. The van der Waals surface area contributed by atoms with Gasteiger partial charge in [0.25, 0.3) is 0 Å². The predicted molar refractivity (Wildman–Crippen MR) is 71.3 cm³/mol. The number of rotatable bonds is 2. The molecular weight excluding hydrogens is 226 g/mol. The van der Waals surface area contributed by atoms with Crippen LogP contribution in [0, 0.1) is 13.8 Å². The summed E-state index contributed by atoms with van der Waals surface area (Å²) in [4.78, 5) is 7.92. The number of nitrogens with one attached hydrogen (secondary N) is 1. The number of aromatic amines is 1. The highest BCUT2D eigenvalue weighted by Crippen LogP contribution is 2.18. The maximum absolute atomic E-state index is 5.64. The van der Waals surface area contributed by atoms with Gasteiger partial charge in [-0.15, -0.1) is 0 Å². The van der Waals surface area contributed by atoms with Gasteiger partial charge in [-0.05, 0) is 31.0 Å². The molecule has 18 heavy (non-hydrogen) atoms. The van der Waals surface area contributed by atoms with E-state index >= 15 is 0 Å². The third kappa shape index (κ3) is 1.84. The highest BCUT2D eigenvalue weighted by atomic mass is 15.3. The number of nitrogens with two attached hydrogens (primary N) is 1. The van der Waals surface area contributed by atoms with Gasteiger partial charge in [0.2, 0.25) is 0 Å². The van der Waals surface area contributed by atoms with Crippen LogP contribution in [0.3, 0.4) is 0 Å². The number of fused-ring (bicyclic) bond motifs is 1. The Bertz CT molecular complexity index is 707. The molecule has 0 unspecified atom stereocenters. The quantitative estimate of drug-likeness (QED) is 0.720. The SMILES string of the molecule is Cc1cc(C)c2nc(Cn3cc(N)cn3)[nH]c2c1. The Morgan fingerprint density at radius 3 is 2.89 bits per heavy atom. The molecule has 2 aromatic heterocycles. The van der Waals surface area contributed by atoms with Gasteiger partial charge in [-0.1, -0.05) is 6.07 Å². The van der Waals surface area contributed by atoms with E-state index in [1.54, 1.807) is 17.1 Å². The molecule has 0 fully saturated rings.